The summed E-state index contributed by atoms with van der Waals surface area (Å²) in [6.45, 7) is 11.7. The van der Waals surface area contributed by atoms with E-state index < -0.39 is 0 Å². The van der Waals surface area contributed by atoms with Crippen molar-refractivity contribution < 1.29 is 4.74 Å². The van der Waals surface area contributed by atoms with Crippen LogP contribution >= 0.6 is 0 Å². The maximum absolute atomic E-state index is 5.85. The van der Waals surface area contributed by atoms with Gasteiger partial charge in [-0.15, -0.1) is 0 Å². The van der Waals surface area contributed by atoms with Gasteiger partial charge in [0, 0.05) is 0 Å². The van der Waals surface area contributed by atoms with Gasteiger partial charge in [0.1, 0.15) is 12.4 Å². The molecular formula is C20H26O. The minimum absolute atomic E-state index is 0.200. The monoisotopic (exact) mass is 282 g/mol. The molecular weight excluding hydrogens is 256 g/mol. The molecule has 0 heterocycles. The topological polar surface area (TPSA) is 9.23 Å². The van der Waals surface area contributed by atoms with E-state index in [9.17, 15) is 0 Å². The average Bonchev–Trinajstić information content (AvgIpc) is 2.45. The summed E-state index contributed by atoms with van der Waals surface area (Å²) in [4.78, 5) is 0. The Morgan fingerprint density at radius 1 is 0.857 bits per heavy atom. The van der Waals surface area contributed by atoms with Gasteiger partial charge in [0.15, 0.2) is 0 Å². The minimum Gasteiger partial charge on any atom is -0.489 e. The molecule has 0 fully saturated rings. The van der Waals surface area contributed by atoms with Crippen LogP contribution in [-0.4, -0.2) is 0 Å². The van der Waals surface area contributed by atoms with Crippen molar-refractivity contribution >= 4 is 0 Å². The summed E-state index contributed by atoms with van der Waals surface area (Å²) in [5.41, 5.74) is 4.10. The van der Waals surface area contributed by atoms with Crippen molar-refractivity contribution in [2.24, 2.45) is 0 Å². The normalized spacial score (nSPS) is 11.7. The minimum atomic E-state index is 0.200. The zero-order valence-electron chi connectivity index (χ0n) is 13.8. The fourth-order valence-corrected chi connectivity index (χ4v) is 2.22. The second-order valence-electron chi connectivity index (χ2n) is 6.96. The molecule has 0 saturated heterocycles. The van der Waals surface area contributed by atoms with E-state index in [-0.39, 0.29) is 5.41 Å². The molecule has 0 bridgehead atoms. The van der Waals surface area contributed by atoms with Crippen molar-refractivity contribution in [3.63, 3.8) is 0 Å². The Bertz CT molecular complexity index is 556. The molecule has 0 aliphatic rings. The first kappa shape index (κ1) is 15.6. The van der Waals surface area contributed by atoms with Gasteiger partial charge in [-0.05, 0) is 40.2 Å². The van der Waals surface area contributed by atoms with Gasteiger partial charge in [-0.2, -0.15) is 0 Å². The number of hydrogen-bond acceptors (Lipinski definition) is 1. The van der Waals surface area contributed by atoms with Crippen LogP contribution in [0.1, 0.15) is 57.2 Å². The van der Waals surface area contributed by atoms with E-state index in [0.717, 1.165) is 5.75 Å². The predicted octanol–water partition coefficient (Wildman–Crippen LogP) is 5.69. The molecule has 1 nitrogen and oxygen atoms in total. The van der Waals surface area contributed by atoms with Crippen LogP contribution in [0.2, 0.25) is 0 Å². The van der Waals surface area contributed by atoms with Gasteiger partial charge in [-0.25, -0.2) is 0 Å². The van der Waals surface area contributed by atoms with E-state index in [0.29, 0.717) is 12.5 Å². The smallest absolute Gasteiger partial charge is 0.119 e. The van der Waals surface area contributed by atoms with Crippen LogP contribution in [0.5, 0.6) is 5.75 Å². The number of benzene rings is 2. The molecule has 0 aromatic heterocycles. The lowest BCUT2D eigenvalue weighted by molar-refractivity contribution is 0.306. The Balaban J connectivity index is 1.96. The number of rotatable bonds is 4. The molecule has 0 spiro atoms. The summed E-state index contributed by atoms with van der Waals surface area (Å²) in [6, 6.07) is 17.1. The summed E-state index contributed by atoms with van der Waals surface area (Å²) < 4.78 is 5.85. The van der Waals surface area contributed by atoms with Crippen molar-refractivity contribution in [3.05, 3.63) is 65.2 Å². The van der Waals surface area contributed by atoms with Gasteiger partial charge < -0.3 is 4.74 Å². The van der Waals surface area contributed by atoms with Crippen LogP contribution in [0.25, 0.3) is 0 Å². The quantitative estimate of drug-likeness (QED) is 0.700. The first-order valence-electron chi connectivity index (χ1n) is 7.68. The summed E-state index contributed by atoms with van der Waals surface area (Å²) in [7, 11) is 0. The fraction of sp³-hybridized carbons (Fsp3) is 0.400. The Hall–Kier alpha value is -1.76. The Kier molecular flexibility index (Phi) is 4.72. The molecule has 0 unspecified atom stereocenters. The Morgan fingerprint density at radius 2 is 1.43 bits per heavy atom. The largest absolute Gasteiger partial charge is 0.489 e. The highest BCUT2D eigenvalue weighted by Gasteiger charge is 2.12. The molecule has 0 aliphatic carbocycles. The SMILES string of the molecule is CC(C)c1ccc(OCc2ccc(C(C)(C)C)cc2)cc1. The highest BCUT2D eigenvalue weighted by Crippen LogP contribution is 2.23. The third kappa shape index (κ3) is 4.35. The molecule has 112 valence electrons. The number of ether oxygens (including phenoxy) is 1. The van der Waals surface area contributed by atoms with Crippen molar-refractivity contribution in [1.82, 2.24) is 0 Å². The molecule has 0 aliphatic heterocycles. The molecule has 21 heavy (non-hydrogen) atoms. The van der Waals surface area contributed by atoms with E-state index in [1.165, 1.54) is 16.7 Å². The first-order chi connectivity index (χ1) is 9.86. The lowest BCUT2D eigenvalue weighted by Crippen LogP contribution is -2.10. The third-order valence-electron chi connectivity index (χ3n) is 3.77. The van der Waals surface area contributed by atoms with E-state index >= 15 is 0 Å². The fourth-order valence-electron chi connectivity index (χ4n) is 2.22. The van der Waals surface area contributed by atoms with E-state index in [1.807, 2.05) is 0 Å². The van der Waals surface area contributed by atoms with Gasteiger partial charge in [0.25, 0.3) is 0 Å². The van der Waals surface area contributed by atoms with Crippen molar-refractivity contribution in [3.8, 4) is 5.75 Å². The van der Waals surface area contributed by atoms with Crippen molar-refractivity contribution in [2.45, 2.75) is 52.6 Å². The van der Waals surface area contributed by atoms with E-state index in [4.69, 9.17) is 4.74 Å². The van der Waals surface area contributed by atoms with Gasteiger partial charge in [0.2, 0.25) is 0 Å². The third-order valence-corrected chi connectivity index (χ3v) is 3.77. The summed E-state index contributed by atoms with van der Waals surface area (Å²) in [6.07, 6.45) is 0. The molecule has 2 rings (SSSR count). The second-order valence-corrected chi connectivity index (χ2v) is 6.96. The molecule has 2 aromatic carbocycles. The zero-order chi connectivity index (χ0) is 15.5. The zero-order valence-corrected chi connectivity index (χ0v) is 13.8. The van der Waals surface area contributed by atoms with Crippen LogP contribution in [0, 0.1) is 0 Å². The molecule has 0 radical (unpaired) electrons. The van der Waals surface area contributed by atoms with Crippen LogP contribution in [-0.2, 0) is 12.0 Å². The van der Waals surface area contributed by atoms with Gasteiger partial charge in [-0.1, -0.05) is 71.0 Å². The summed E-state index contributed by atoms with van der Waals surface area (Å²) in [5, 5.41) is 0. The van der Waals surface area contributed by atoms with Crippen LogP contribution < -0.4 is 4.74 Å². The Labute approximate surface area is 129 Å². The molecule has 0 saturated carbocycles. The van der Waals surface area contributed by atoms with Gasteiger partial charge in [-0.3, -0.25) is 0 Å². The average molecular weight is 282 g/mol. The molecule has 1 heteroatoms. The summed E-state index contributed by atoms with van der Waals surface area (Å²) in [5.74, 6) is 1.49. The van der Waals surface area contributed by atoms with Crippen LogP contribution in [0.4, 0.5) is 0 Å². The maximum Gasteiger partial charge on any atom is 0.119 e. The van der Waals surface area contributed by atoms with Crippen molar-refractivity contribution in [2.75, 3.05) is 0 Å². The highest BCUT2D eigenvalue weighted by molar-refractivity contribution is 5.30. The second kappa shape index (κ2) is 6.34. The number of hydrogen-bond donors (Lipinski definition) is 0. The van der Waals surface area contributed by atoms with Crippen molar-refractivity contribution in [1.29, 1.82) is 0 Å². The molecule has 2 aromatic rings. The molecule has 0 N–H and O–H groups in total. The highest BCUT2D eigenvalue weighted by atomic mass is 16.5. The van der Waals surface area contributed by atoms with Gasteiger partial charge in [0.05, 0.1) is 0 Å². The van der Waals surface area contributed by atoms with Crippen LogP contribution in [0.15, 0.2) is 48.5 Å². The first-order valence-corrected chi connectivity index (χ1v) is 7.68. The molecule has 0 atom stereocenters. The predicted molar refractivity (Wildman–Crippen MR) is 90.0 cm³/mol. The maximum atomic E-state index is 5.85. The van der Waals surface area contributed by atoms with E-state index in [2.05, 4.69) is 83.1 Å². The lowest BCUT2D eigenvalue weighted by atomic mass is 9.87. The molecule has 0 amide bonds. The van der Waals surface area contributed by atoms with Crippen LogP contribution in [0.3, 0.4) is 0 Å². The van der Waals surface area contributed by atoms with E-state index in [1.54, 1.807) is 0 Å². The van der Waals surface area contributed by atoms with Gasteiger partial charge >= 0.3 is 0 Å². The Morgan fingerprint density at radius 3 is 1.90 bits per heavy atom. The standard InChI is InChI=1S/C20H26O/c1-15(2)17-8-12-19(13-9-17)21-14-16-6-10-18(11-7-16)20(3,4)5/h6-13,15H,14H2,1-5H3. The lowest BCUT2D eigenvalue weighted by Gasteiger charge is -2.19. The summed E-state index contributed by atoms with van der Waals surface area (Å²) >= 11 is 0.